The summed E-state index contributed by atoms with van der Waals surface area (Å²) in [6.45, 7) is 0. The first-order valence-electron chi connectivity index (χ1n) is 5.97. The number of benzene rings is 1. The van der Waals surface area contributed by atoms with Crippen LogP contribution in [0.1, 0.15) is 0 Å². The van der Waals surface area contributed by atoms with E-state index >= 15 is 0 Å². The van der Waals surface area contributed by atoms with Crippen molar-refractivity contribution in [2.24, 2.45) is 0 Å². The molecule has 0 aromatic heterocycles. The minimum absolute atomic E-state index is 0.0991. The molecule has 1 aromatic carbocycles. The first-order chi connectivity index (χ1) is 10.1. The van der Waals surface area contributed by atoms with Crippen molar-refractivity contribution in [2.75, 3.05) is 19.4 Å². The van der Waals surface area contributed by atoms with Crippen LogP contribution in [0.5, 0.6) is 0 Å². The number of alkyl halides is 3. The summed E-state index contributed by atoms with van der Waals surface area (Å²) in [6, 6.07) is 5.06. The predicted molar refractivity (Wildman–Crippen MR) is 92.1 cm³/mol. The zero-order chi connectivity index (χ0) is 16.9. The van der Waals surface area contributed by atoms with E-state index in [9.17, 15) is 9.18 Å². The van der Waals surface area contributed by atoms with Crippen molar-refractivity contribution in [1.82, 2.24) is 15.5 Å². The first-order valence-corrected chi connectivity index (χ1v) is 7.51. The predicted octanol–water partition coefficient (Wildman–Crippen LogP) is 3.08. The number of thiocarbonyl (C=S) groups is 1. The topological polar surface area (TPSA) is 56.4 Å². The van der Waals surface area contributed by atoms with Gasteiger partial charge in [-0.1, -0.05) is 34.8 Å². The Bertz CT molecular complexity index is 536. The number of hydrogen-bond donors (Lipinski definition) is 3. The smallest absolute Gasteiger partial charge is 0.318 e. The quantitative estimate of drug-likeness (QED) is 0.424. The number of carbonyl (C=O) groups is 1. The monoisotopic (exact) mass is 386 g/mol. The Hall–Kier alpha value is -1.02. The Morgan fingerprint density at radius 3 is 2.23 bits per heavy atom. The molecule has 0 aliphatic rings. The molecule has 0 fully saturated rings. The van der Waals surface area contributed by atoms with Gasteiger partial charge in [-0.15, -0.1) is 0 Å². The Morgan fingerprint density at radius 2 is 1.77 bits per heavy atom. The molecule has 0 radical (unpaired) electrons. The molecule has 0 heterocycles. The lowest BCUT2D eigenvalue weighted by Gasteiger charge is -2.28. The molecule has 22 heavy (non-hydrogen) atoms. The molecule has 10 heteroatoms. The summed E-state index contributed by atoms with van der Waals surface area (Å²) in [5.74, 6) is -0.373. The molecular formula is C12H14Cl3FN4OS. The normalized spacial score (nSPS) is 12.3. The van der Waals surface area contributed by atoms with Crippen LogP contribution in [-0.4, -0.2) is 40.1 Å². The molecule has 0 aliphatic heterocycles. The Kier molecular flexibility index (Phi) is 6.93. The van der Waals surface area contributed by atoms with E-state index in [0.717, 1.165) is 0 Å². The van der Waals surface area contributed by atoms with Crippen molar-refractivity contribution in [3.05, 3.63) is 30.1 Å². The van der Waals surface area contributed by atoms with E-state index in [4.69, 9.17) is 47.0 Å². The van der Waals surface area contributed by atoms with Crippen LogP contribution >= 0.6 is 47.0 Å². The summed E-state index contributed by atoms with van der Waals surface area (Å²) in [5.41, 5.74) is 0.543. The molecular weight excluding hydrogens is 374 g/mol. The number of nitrogens with one attached hydrogen (secondary N) is 3. The van der Waals surface area contributed by atoms with Crippen LogP contribution in [0.25, 0.3) is 0 Å². The maximum atomic E-state index is 12.8. The van der Waals surface area contributed by atoms with Gasteiger partial charge < -0.3 is 20.9 Å². The maximum Gasteiger partial charge on any atom is 0.318 e. The molecule has 1 aromatic rings. The number of halogens is 4. The Balaban J connectivity index is 2.70. The minimum atomic E-state index is -1.83. The third-order valence-electron chi connectivity index (χ3n) is 2.38. The number of carbonyl (C=O) groups excluding carboxylic acids is 1. The van der Waals surface area contributed by atoms with Gasteiger partial charge in [0.1, 0.15) is 5.82 Å². The van der Waals surface area contributed by atoms with Gasteiger partial charge in [-0.3, -0.25) is 0 Å². The summed E-state index contributed by atoms with van der Waals surface area (Å²) >= 11 is 22.5. The van der Waals surface area contributed by atoms with Crippen LogP contribution in [-0.2, 0) is 0 Å². The average molecular weight is 388 g/mol. The second kappa shape index (κ2) is 8.01. The molecule has 3 N–H and O–H groups in total. The molecule has 1 atom stereocenters. The van der Waals surface area contributed by atoms with Gasteiger partial charge in [-0.2, -0.15) is 0 Å². The van der Waals surface area contributed by atoms with Crippen LogP contribution in [0.15, 0.2) is 24.3 Å². The third kappa shape index (κ3) is 6.39. The maximum absolute atomic E-state index is 12.8. The van der Waals surface area contributed by atoms with E-state index in [0.29, 0.717) is 5.69 Å². The van der Waals surface area contributed by atoms with Crippen LogP contribution in [0.3, 0.4) is 0 Å². The van der Waals surface area contributed by atoms with Crippen molar-refractivity contribution >= 4 is 63.9 Å². The number of nitrogens with zero attached hydrogens (tertiary/aromatic N) is 1. The first kappa shape index (κ1) is 19.0. The van der Waals surface area contributed by atoms with Gasteiger partial charge in [-0.05, 0) is 36.5 Å². The molecule has 0 unspecified atom stereocenters. The molecule has 0 bridgehead atoms. The fraction of sp³-hybridized carbons (Fsp3) is 0.333. The third-order valence-corrected chi connectivity index (χ3v) is 3.25. The van der Waals surface area contributed by atoms with Gasteiger partial charge >= 0.3 is 6.03 Å². The van der Waals surface area contributed by atoms with Gasteiger partial charge in [0, 0.05) is 19.8 Å². The lowest BCUT2D eigenvalue weighted by Crippen LogP contribution is -2.57. The fourth-order valence-corrected chi connectivity index (χ4v) is 1.85. The second-order valence-electron chi connectivity index (χ2n) is 4.42. The largest absolute Gasteiger partial charge is 0.339 e. The van der Waals surface area contributed by atoms with Crippen molar-refractivity contribution in [1.29, 1.82) is 0 Å². The molecule has 0 spiro atoms. The van der Waals surface area contributed by atoms with E-state index in [-0.39, 0.29) is 10.9 Å². The lowest BCUT2D eigenvalue weighted by atomic mass is 10.3. The van der Waals surface area contributed by atoms with Gasteiger partial charge in [-0.25, -0.2) is 9.18 Å². The SMILES string of the molecule is CN(C)C(=O)N[C@H](NC(=S)Nc1ccc(F)cc1)C(Cl)(Cl)Cl. The van der Waals surface area contributed by atoms with E-state index in [1.165, 1.54) is 29.2 Å². The number of urea groups is 1. The second-order valence-corrected chi connectivity index (χ2v) is 7.20. The number of anilines is 1. The molecule has 0 saturated carbocycles. The molecule has 5 nitrogen and oxygen atoms in total. The van der Waals surface area contributed by atoms with Gasteiger partial charge in [0.05, 0.1) is 0 Å². The fourth-order valence-electron chi connectivity index (χ4n) is 1.28. The summed E-state index contributed by atoms with van der Waals surface area (Å²) < 4.78 is 11.0. The molecule has 122 valence electrons. The van der Waals surface area contributed by atoms with Crippen LogP contribution in [0, 0.1) is 5.82 Å². The Labute approximate surface area is 148 Å². The van der Waals surface area contributed by atoms with Crippen molar-refractivity contribution < 1.29 is 9.18 Å². The van der Waals surface area contributed by atoms with E-state index < -0.39 is 16.0 Å². The minimum Gasteiger partial charge on any atom is -0.339 e. The highest BCUT2D eigenvalue weighted by Crippen LogP contribution is 2.29. The average Bonchev–Trinajstić information content (AvgIpc) is 2.39. The highest BCUT2D eigenvalue weighted by Gasteiger charge is 2.35. The molecule has 0 aliphatic carbocycles. The summed E-state index contributed by atoms with van der Waals surface area (Å²) in [6.07, 6.45) is -1.06. The number of hydrogen-bond acceptors (Lipinski definition) is 2. The van der Waals surface area contributed by atoms with E-state index in [1.54, 1.807) is 14.1 Å². The van der Waals surface area contributed by atoms with Crippen LogP contribution < -0.4 is 16.0 Å². The zero-order valence-electron chi connectivity index (χ0n) is 11.7. The zero-order valence-corrected chi connectivity index (χ0v) is 14.7. The summed E-state index contributed by atoms with van der Waals surface area (Å²) in [5, 5.41) is 8.04. The summed E-state index contributed by atoms with van der Waals surface area (Å²) in [4.78, 5) is 13.0. The highest BCUT2D eigenvalue weighted by molar-refractivity contribution is 7.80. The standard InChI is InChI=1S/C12H14Cl3FN4OS/c1-20(2)11(21)19-9(12(13,14)15)18-10(22)17-8-5-3-7(16)4-6-8/h3-6,9H,1-2H3,(H,19,21)(H2,17,18,22)/t9-/m0/s1. The number of amides is 2. The van der Waals surface area contributed by atoms with Gasteiger partial charge in [0.2, 0.25) is 3.79 Å². The van der Waals surface area contributed by atoms with E-state index in [2.05, 4.69) is 16.0 Å². The Morgan fingerprint density at radius 1 is 1.23 bits per heavy atom. The van der Waals surface area contributed by atoms with Crippen LogP contribution in [0.2, 0.25) is 0 Å². The van der Waals surface area contributed by atoms with Crippen molar-refractivity contribution in [2.45, 2.75) is 9.96 Å². The highest BCUT2D eigenvalue weighted by atomic mass is 35.6. The molecule has 1 rings (SSSR count). The molecule has 0 saturated heterocycles. The van der Waals surface area contributed by atoms with Gasteiger partial charge in [0.25, 0.3) is 0 Å². The van der Waals surface area contributed by atoms with Crippen molar-refractivity contribution in [3.8, 4) is 0 Å². The molecule has 2 amide bonds. The number of rotatable bonds is 3. The van der Waals surface area contributed by atoms with Crippen LogP contribution in [0.4, 0.5) is 14.9 Å². The van der Waals surface area contributed by atoms with Gasteiger partial charge in [0.15, 0.2) is 11.3 Å². The van der Waals surface area contributed by atoms with E-state index in [1.807, 2.05) is 0 Å². The van der Waals surface area contributed by atoms with Crippen molar-refractivity contribution in [3.63, 3.8) is 0 Å². The lowest BCUT2D eigenvalue weighted by molar-refractivity contribution is 0.212. The summed E-state index contributed by atoms with van der Waals surface area (Å²) in [7, 11) is 3.08.